The molecule has 2 N–H and O–H groups in total. The molecule has 1 aromatic rings. The third-order valence-corrected chi connectivity index (χ3v) is 3.65. The fourth-order valence-corrected chi connectivity index (χ4v) is 2.59. The lowest BCUT2D eigenvalue weighted by molar-refractivity contribution is -0.145. The highest BCUT2D eigenvalue weighted by Crippen LogP contribution is 2.32. The van der Waals surface area contributed by atoms with E-state index in [2.05, 4.69) is 18.2 Å². The maximum atomic E-state index is 11.4. The minimum atomic E-state index is -0.589. The first-order valence-corrected chi connectivity index (χ1v) is 7.34. The lowest BCUT2D eigenvalue weighted by Crippen LogP contribution is -2.33. The van der Waals surface area contributed by atoms with Crippen molar-refractivity contribution in [3.8, 4) is 0 Å². The second-order valence-electron chi connectivity index (χ2n) is 5.10. The van der Waals surface area contributed by atoms with E-state index in [0.717, 1.165) is 19.3 Å². The quantitative estimate of drug-likeness (QED) is 0.811. The number of hydrogen-bond acceptors (Lipinski definition) is 4. The first-order valence-electron chi connectivity index (χ1n) is 7.34. The van der Waals surface area contributed by atoms with E-state index in [-0.39, 0.29) is 12.1 Å². The highest BCUT2D eigenvalue weighted by molar-refractivity contribution is 5.75. The second-order valence-corrected chi connectivity index (χ2v) is 5.10. The number of ether oxygens (including phenoxy) is 2. The molecule has 0 heterocycles. The van der Waals surface area contributed by atoms with Crippen LogP contribution in [0.3, 0.4) is 0 Å². The van der Waals surface area contributed by atoms with Crippen molar-refractivity contribution in [3.05, 3.63) is 35.4 Å². The van der Waals surface area contributed by atoms with Gasteiger partial charge in [0.25, 0.3) is 0 Å². The maximum absolute atomic E-state index is 11.4. The van der Waals surface area contributed by atoms with Gasteiger partial charge in [-0.3, -0.25) is 4.79 Å². The van der Waals surface area contributed by atoms with Crippen molar-refractivity contribution in [2.75, 3.05) is 13.2 Å². The van der Waals surface area contributed by atoms with Crippen LogP contribution in [-0.2, 0) is 20.7 Å². The molecule has 0 fully saturated rings. The summed E-state index contributed by atoms with van der Waals surface area (Å²) in [4.78, 5) is 11.4. The maximum Gasteiger partial charge on any atom is 0.322 e. The highest BCUT2D eigenvalue weighted by atomic mass is 16.5. The molecule has 0 amide bonds. The first kappa shape index (κ1) is 15.0. The molecule has 0 saturated heterocycles. The van der Waals surface area contributed by atoms with Crippen molar-refractivity contribution in [2.45, 2.75) is 44.8 Å². The molecule has 2 rings (SSSR count). The third-order valence-electron chi connectivity index (χ3n) is 3.65. The van der Waals surface area contributed by atoms with Crippen LogP contribution >= 0.6 is 0 Å². The van der Waals surface area contributed by atoms with Gasteiger partial charge in [0, 0.05) is 6.61 Å². The van der Waals surface area contributed by atoms with Crippen molar-refractivity contribution in [1.82, 2.24) is 0 Å². The topological polar surface area (TPSA) is 61.5 Å². The summed E-state index contributed by atoms with van der Waals surface area (Å²) in [6.45, 7) is 2.63. The highest BCUT2D eigenvalue weighted by Gasteiger charge is 2.21. The van der Waals surface area contributed by atoms with E-state index in [9.17, 15) is 4.79 Å². The van der Waals surface area contributed by atoms with Crippen LogP contribution in [0.2, 0.25) is 0 Å². The fraction of sp³-hybridized carbons (Fsp3) is 0.562. The summed E-state index contributed by atoms with van der Waals surface area (Å²) in [6.07, 6.45) is 3.93. The Morgan fingerprint density at radius 3 is 3.05 bits per heavy atom. The summed E-state index contributed by atoms with van der Waals surface area (Å²) < 4.78 is 10.8. The molecule has 0 radical (unpaired) electrons. The average molecular weight is 277 g/mol. The van der Waals surface area contributed by atoms with Gasteiger partial charge < -0.3 is 15.2 Å². The molecule has 4 nitrogen and oxygen atoms in total. The van der Waals surface area contributed by atoms with E-state index in [1.807, 2.05) is 6.07 Å². The molecule has 1 aromatic carbocycles. The summed E-state index contributed by atoms with van der Waals surface area (Å²) in [5.41, 5.74) is 8.41. The molecule has 0 aromatic heterocycles. The SMILES string of the molecule is CCOC(=O)C(N)CCOC1CCCc2ccccc21. The molecular weight excluding hydrogens is 254 g/mol. The summed E-state index contributed by atoms with van der Waals surface area (Å²) in [5.74, 6) is -0.347. The summed E-state index contributed by atoms with van der Waals surface area (Å²) in [6, 6.07) is 7.82. The van der Waals surface area contributed by atoms with Gasteiger partial charge in [0.1, 0.15) is 6.04 Å². The monoisotopic (exact) mass is 277 g/mol. The molecular formula is C16H23NO3. The van der Waals surface area contributed by atoms with Crippen molar-refractivity contribution in [3.63, 3.8) is 0 Å². The van der Waals surface area contributed by atoms with Crippen LogP contribution in [-0.4, -0.2) is 25.2 Å². The molecule has 0 saturated carbocycles. The predicted molar refractivity (Wildman–Crippen MR) is 77.3 cm³/mol. The lowest BCUT2D eigenvalue weighted by atomic mass is 9.89. The molecule has 0 aliphatic heterocycles. The van der Waals surface area contributed by atoms with Gasteiger partial charge in [-0.1, -0.05) is 24.3 Å². The van der Waals surface area contributed by atoms with E-state index in [4.69, 9.17) is 15.2 Å². The van der Waals surface area contributed by atoms with Crippen LogP contribution in [0.4, 0.5) is 0 Å². The van der Waals surface area contributed by atoms with Gasteiger partial charge in [-0.15, -0.1) is 0 Å². The van der Waals surface area contributed by atoms with E-state index in [1.54, 1.807) is 6.92 Å². The number of aryl methyl sites for hydroxylation is 1. The number of fused-ring (bicyclic) bond motifs is 1. The van der Waals surface area contributed by atoms with Gasteiger partial charge in [-0.2, -0.15) is 0 Å². The van der Waals surface area contributed by atoms with Gasteiger partial charge in [0.2, 0.25) is 0 Å². The third kappa shape index (κ3) is 3.81. The number of nitrogens with two attached hydrogens (primary N) is 1. The lowest BCUT2D eigenvalue weighted by Gasteiger charge is -2.26. The average Bonchev–Trinajstić information content (AvgIpc) is 2.47. The van der Waals surface area contributed by atoms with Crippen molar-refractivity contribution in [1.29, 1.82) is 0 Å². The Morgan fingerprint density at radius 1 is 1.45 bits per heavy atom. The van der Waals surface area contributed by atoms with Crippen LogP contribution < -0.4 is 5.73 Å². The second kappa shape index (κ2) is 7.41. The Hall–Kier alpha value is -1.39. The van der Waals surface area contributed by atoms with Gasteiger partial charge in [0.15, 0.2) is 0 Å². The minimum Gasteiger partial charge on any atom is -0.465 e. The van der Waals surface area contributed by atoms with Gasteiger partial charge in [0.05, 0.1) is 12.7 Å². The molecule has 110 valence electrons. The number of carbonyl (C=O) groups is 1. The molecule has 1 aliphatic carbocycles. The van der Waals surface area contributed by atoms with E-state index < -0.39 is 6.04 Å². The van der Waals surface area contributed by atoms with Crippen molar-refractivity contribution >= 4 is 5.97 Å². The molecule has 0 bridgehead atoms. The fourth-order valence-electron chi connectivity index (χ4n) is 2.59. The van der Waals surface area contributed by atoms with Crippen LogP contribution in [0.5, 0.6) is 0 Å². The Bertz CT molecular complexity index is 447. The van der Waals surface area contributed by atoms with Gasteiger partial charge >= 0.3 is 5.97 Å². The van der Waals surface area contributed by atoms with Crippen LogP contribution in [0.15, 0.2) is 24.3 Å². The normalized spacial score (nSPS) is 19.2. The largest absolute Gasteiger partial charge is 0.465 e. The zero-order valence-corrected chi connectivity index (χ0v) is 12.0. The Morgan fingerprint density at radius 2 is 2.25 bits per heavy atom. The number of benzene rings is 1. The van der Waals surface area contributed by atoms with E-state index >= 15 is 0 Å². The Kier molecular flexibility index (Phi) is 5.56. The smallest absolute Gasteiger partial charge is 0.322 e. The number of hydrogen-bond donors (Lipinski definition) is 1. The standard InChI is InChI=1S/C16H23NO3/c1-2-19-16(18)14(17)10-11-20-15-9-5-7-12-6-3-4-8-13(12)15/h3-4,6,8,14-15H,2,5,7,9-11,17H2,1H3. The summed E-state index contributed by atoms with van der Waals surface area (Å²) >= 11 is 0. The minimum absolute atomic E-state index is 0.134. The van der Waals surface area contributed by atoms with Crippen LogP contribution in [0.25, 0.3) is 0 Å². The predicted octanol–water partition coefficient (Wildman–Crippen LogP) is 2.36. The molecule has 2 unspecified atom stereocenters. The molecule has 2 atom stereocenters. The molecule has 20 heavy (non-hydrogen) atoms. The number of carbonyl (C=O) groups excluding carboxylic acids is 1. The van der Waals surface area contributed by atoms with Crippen LogP contribution in [0, 0.1) is 0 Å². The Balaban J connectivity index is 1.82. The molecule has 4 heteroatoms. The molecule has 0 spiro atoms. The van der Waals surface area contributed by atoms with E-state index in [0.29, 0.717) is 19.6 Å². The van der Waals surface area contributed by atoms with Crippen molar-refractivity contribution in [2.24, 2.45) is 5.73 Å². The van der Waals surface area contributed by atoms with Gasteiger partial charge in [-0.25, -0.2) is 0 Å². The van der Waals surface area contributed by atoms with Crippen LogP contribution in [0.1, 0.15) is 43.4 Å². The van der Waals surface area contributed by atoms with E-state index in [1.165, 1.54) is 11.1 Å². The zero-order valence-electron chi connectivity index (χ0n) is 12.0. The number of rotatable bonds is 6. The van der Waals surface area contributed by atoms with Gasteiger partial charge in [-0.05, 0) is 43.7 Å². The summed E-state index contributed by atoms with van der Waals surface area (Å²) in [5, 5.41) is 0. The number of esters is 1. The summed E-state index contributed by atoms with van der Waals surface area (Å²) in [7, 11) is 0. The first-order chi connectivity index (χ1) is 9.72. The van der Waals surface area contributed by atoms with Crippen molar-refractivity contribution < 1.29 is 14.3 Å². The Labute approximate surface area is 120 Å². The zero-order chi connectivity index (χ0) is 14.4. The molecule has 1 aliphatic rings.